The Morgan fingerprint density at radius 2 is 1.32 bits per heavy atom. The van der Waals surface area contributed by atoms with E-state index in [1.807, 2.05) is 35.6 Å². The maximum atomic E-state index is 12.0. The van der Waals surface area contributed by atoms with E-state index in [-0.39, 0.29) is 5.56 Å². The molecule has 0 saturated carbocycles. The summed E-state index contributed by atoms with van der Waals surface area (Å²) in [7, 11) is 0. The molecule has 3 aromatic carbocycles. The lowest BCUT2D eigenvalue weighted by Crippen LogP contribution is -2.39. The molecule has 3 aromatic rings. The minimum atomic E-state index is -1.06. The second kappa shape index (κ2) is 8.50. The Bertz CT molecular complexity index is 984. The topological polar surface area (TPSA) is 111 Å². The maximum absolute atomic E-state index is 12.0. The van der Waals surface area contributed by atoms with Crippen LogP contribution in [-0.2, 0) is 9.59 Å². The van der Waals surface area contributed by atoms with Gasteiger partial charge >= 0.3 is 11.8 Å². The third kappa shape index (κ3) is 4.95. The van der Waals surface area contributed by atoms with E-state index in [2.05, 4.69) is 5.32 Å². The maximum Gasteiger partial charge on any atom is 0.316 e. The molecule has 0 unspecified atom stereocenters. The Labute approximate surface area is 161 Å². The summed E-state index contributed by atoms with van der Waals surface area (Å²) >= 11 is 0. The van der Waals surface area contributed by atoms with Crippen LogP contribution < -0.4 is 21.1 Å². The molecular weight excluding hydrogens is 358 g/mol. The van der Waals surface area contributed by atoms with Crippen molar-refractivity contribution < 1.29 is 19.1 Å². The molecule has 7 nitrogen and oxygen atoms in total. The van der Waals surface area contributed by atoms with Crippen molar-refractivity contribution in [3.63, 3.8) is 0 Å². The van der Waals surface area contributed by atoms with Crippen molar-refractivity contribution in [2.75, 3.05) is 11.1 Å². The fourth-order valence-corrected chi connectivity index (χ4v) is 2.29. The highest BCUT2D eigenvalue weighted by Gasteiger charge is 2.18. The second-order valence-electron chi connectivity index (χ2n) is 5.80. The van der Waals surface area contributed by atoms with E-state index < -0.39 is 17.7 Å². The highest BCUT2D eigenvalue weighted by Crippen LogP contribution is 2.22. The number of rotatable bonds is 4. The van der Waals surface area contributed by atoms with Gasteiger partial charge in [0.05, 0.1) is 0 Å². The number of para-hydroxylation sites is 1. The third-order valence-electron chi connectivity index (χ3n) is 3.70. The lowest BCUT2D eigenvalue weighted by atomic mass is 10.2. The zero-order chi connectivity index (χ0) is 19.9. The number of benzene rings is 3. The van der Waals surface area contributed by atoms with Crippen molar-refractivity contribution >= 4 is 29.1 Å². The molecule has 0 radical (unpaired) electrons. The van der Waals surface area contributed by atoms with Crippen LogP contribution in [-0.4, -0.2) is 17.7 Å². The third-order valence-corrected chi connectivity index (χ3v) is 3.70. The zero-order valence-corrected chi connectivity index (χ0v) is 14.7. The van der Waals surface area contributed by atoms with Crippen LogP contribution in [0.3, 0.4) is 0 Å². The lowest BCUT2D eigenvalue weighted by molar-refractivity contribution is -0.135. The number of carbonyl (C=O) groups excluding carboxylic acids is 3. The van der Waals surface area contributed by atoms with Gasteiger partial charge in [0.25, 0.3) is 5.91 Å². The number of nitrogens with two attached hydrogens (primary N) is 1. The highest BCUT2D eigenvalue weighted by atomic mass is 16.5. The molecule has 0 heterocycles. The molecule has 140 valence electrons. The van der Waals surface area contributed by atoms with E-state index in [0.717, 1.165) is 0 Å². The molecule has 0 spiro atoms. The lowest BCUT2D eigenvalue weighted by Gasteiger charge is -2.08. The quantitative estimate of drug-likeness (QED) is 0.480. The number of hydrogen-bond donors (Lipinski definition) is 3. The zero-order valence-electron chi connectivity index (χ0n) is 14.7. The smallest absolute Gasteiger partial charge is 0.316 e. The van der Waals surface area contributed by atoms with Crippen LogP contribution in [0, 0.1) is 0 Å². The summed E-state index contributed by atoms with van der Waals surface area (Å²) in [6, 6.07) is 21.7. The van der Waals surface area contributed by atoms with Gasteiger partial charge in [0.15, 0.2) is 0 Å². The molecule has 0 saturated heterocycles. The van der Waals surface area contributed by atoms with E-state index in [1.165, 1.54) is 24.3 Å². The summed E-state index contributed by atoms with van der Waals surface area (Å²) in [5.74, 6) is -1.45. The molecule has 3 rings (SSSR count). The van der Waals surface area contributed by atoms with Gasteiger partial charge in [-0.15, -0.1) is 0 Å². The fraction of sp³-hybridized carbons (Fsp3) is 0. The first-order chi connectivity index (χ1) is 13.5. The molecule has 7 heteroatoms. The van der Waals surface area contributed by atoms with E-state index in [0.29, 0.717) is 22.9 Å². The summed E-state index contributed by atoms with van der Waals surface area (Å²) in [6.45, 7) is 0. The summed E-state index contributed by atoms with van der Waals surface area (Å²) in [5.41, 5.74) is 6.64. The Balaban J connectivity index is 1.55. The normalized spacial score (nSPS) is 10.0. The summed E-state index contributed by atoms with van der Waals surface area (Å²) in [5, 5.41) is 4.44. The van der Waals surface area contributed by atoms with Crippen LogP contribution in [0.1, 0.15) is 10.4 Å². The number of ether oxygens (including phenoxy) is 1. The minimum absolute atomic E-state index is 0.220. The second-order valence-corrected chi connectivity index (χ2v) is 5.80. The SMILES string of the molecule is Nc1ccc(C(=O)NC(=O)C(=O)Nc2ccc(Oc3ccccc3)cc2)cc1. The largest absolute Gasteiger partial charge is 0.457 e. The first-order valence-electron chi connectivity index (χ1n) is 8.36. The van der Waals surface area contributed by atoms with Crippen LogP contribution in [0.4, 0.5) is 11.4 Å². The predicted octanol–water partition coefficient (Wildman–Crippen LogP) is 2.96. The van der Waals surface area contributed by atoms with Gasteiger partial charge in [-0.2, -0.15) is 0 Å². The molecule has 0 fully saturated rings. The van der Waals surface area contributed by atoms with Crippen LogP contribution >= 0.6 is 0 Å². The number of hydrogen-bond acceptors (Lipinski definition) is 5. The van der Waals surface area contributed by atoms with Crippen molar-refractivity contribution in [1.82, 2.24) is 5.32 Å². The van der Waals surface area contributed by atoms with Crippen LogP contribution in [0.5, 0.6) is 11.5 Å². The van der Waals surface area contributed by atoms with E-state index in [9.17, 15) is 14.4 Å². The molecule has 0 aliphatic rings. The van der Waals surface area contributed by atoms with E-state index in [4.69, 9.17) is 10.5 Å². The number of carbonyl (C=O) groups is 3. The van der Waals surface area contributed by atoms with Gasteiger partial charge in [-0.3, -0.25) is 19.7 Å². The average molecular weight is 375 g/mol. The van der Waals surface area contributed by atoms with Crippen molar-refractivity contribution in [1.29, 1.82) is 0 Å². The molecule has 0 aromatic heterocycles. The Kier molecular flexibility index (Phi) is 5.66. The van der Waals surface area contributed by atoms with Gasteiger partial charge in [0.1, 0.15) is 11.5 Å². The fourth-order valence-electron chi connectivity index (χ4n) is 2.29. The van der Waals surface area contributed by atoms with Gasteiger partial charge < -0.3 is 15.8 Å². The summed E-state index contributed by atoms with van der Waals surface area (Å²) < 4.78 is 5.65. The molecule has 4 N–H and O–H groups in total. The number of anilines is 2. The van der Waals surface area contributed by atoms with E-state index >= 15 is 0 Å². The first kappa shape index (κ1) is 18.7. The molecule has 0 aliphatic heterocycles. The molecule has 3 amide bonds. The van der Waals surface area contributed by atoms with Gasteiger partial charge in [0, 0.05) is 16.9 Å². The van der Waals surface area contributed by atoms with Crippen molar-refractivity contribution in [3.8, 4) is 11.5 Å². The molecule has 0 bridgehead atoms. The van der Waals surface area contributed by atoms with Crippen LogP contribution in [0.25, 0.3) is 0 Å². The number of imide groups is 1. The monoisotopic (exact) mass is 375 g/mol. The van der Waals surface area contributed by atoms with Crippen molar-refractivity contribution in [3.05, 3.63) is 84.4 Å². The Hall–Kier alpha value is -4.13. The van der Waals surface area contributed by atoms with Gasteiger partial charge in [0.2, 0.25) is 0 Å². The molecule has 0 aliphatic carbocycles. The summed E-state index contributed by atoms with van der Waals surface area (Å²) in [4.78, 5) is 35.9. The predicted molar refractivity (Wildman–Crippen MR) is 105 cm³/mol. The molecule has 28 heavy (non-hydrogen) atoms. The first-order valence-corrected chi connectivity index (χ1v) is 8.36. The van der Waals surface area contributed by atoms with Gasteiger partial charge in [-0.05, 0) is 60.7 Å². The highest BCUT2D eigenvalue weighted by molar-refractivity contribution is 6.42. The van der Waals surface area contributed by atoms with Gasteiger partial charge in [-0.25, -0.2) is 0 Å². The Morgan fingerprint density at radius 3 is 1.96 bits per heavy atom. The molecular formula is C21H17N3O4. The Morgan fingerprint density at radius 1 is 0.714 bits per heavy atom. The number of nitrogen functional groups attached to an aromatic ring is 1. The number of nitrogens with one attached hydrogen (secondary N) is 2. The average Bonchev–Trinajstić information content (AvgIpc) is 2.70. The van der Waals surface area contributed by atoms with Crippen molar-refractivity contribution in [2.45, 2.75) is 0 Å². The van der Waals surface area contributed by atoms with Crippen molar-refractivity contribution in [2.24, 2.45) is 0 Å². The minimum Gasteiger partial charge on any atom is -0.457 e. The molecule has 0 atom stereocenters. The van der Waals surface area contributed by atoms with E-state index in [1.54, 1.807) is 24.3 Å². The van der Waals surface area contributed by atoms with Crippen LogP contribution in [0.2, 0.25) is 0 Å². The standard InChI is InChI=1S/C21H17N3O4/c22-15-8-6-14(7-9-15)19(25)24-21(27)20(26)23-16-10-12-18(13-11-16)28-17-4-2-1-3-5-17/h1-13H,22H2,(H,23,26)(H,24,25,27). The van der Waals surface area contributed by atoms with Gasteiger partial charge in [-0.1, -0.05) is 18.2 Å². The summed E-state index contributed by atoms with van der Waals surface area (Å²) in [6.07, 6.45) is 0. The van der Waals surface area contributed by atoms with Crippen LogP contribution in [0.15, 0.2) is 78.9 Å². The number of amides is 3.